The molecule has 0 heterocycles. The van der Waals surface area contributed by atoms with Crippen LogP contribution in [0.15, 0.2) is 0 Å². The molecule has 0 aromatic rings. The summed E-state index contributed by atoms with van der Waals surface area (Å²) in [4.78, 5) is 10.7. The van der Waals surface area contributed by atoms with Crippen molar-refractivity contribution in [3.63, 3.8) is 0 Å². The van der Waals surface area contributed by atoms with E-state index in [0.29, 0.717) is 6.42 Å². The van der Waals surface area contributed by atoms with E-state index < -0.39 is 24.2 Å². The molecule has 0 saturated carbocycles. The van der Waals surface area contributed by atoms with Crippen molar-refractivity contribution in [1.29, 1.82) is 0 Å². The molecule has 0 aromatic heterocycles. The van der Waals surface area contributed by atoms with E-state index >= 15 is 0 Å². The highest BCUT2D eigenvalue weighted by Gasteiger charge is 2.42. The largest absolute Gasteiger partial charge is 0.481 e. The summed E-state index contributed by atoms with van der Waals surface area (Å²) < 4.78 is 26.4. The molecule has 0 fully saturated rings. The highest BCUT2D eigenvalue weighted by molar-refractivity contribution is 5.71. The van der Waals surface area contributed by atoms with Crippen LogP contribution in [0.4, 0.5) is 8.78 Å². The minimum absolute atomic E-state index is 0.0795. The lowest BCUT2D eigenvalue weighted by Crippen LogP contribution is -2.33. The standard InChI is InChI=1S/C11H20F2O2/c1-3-5-6-7-8-9(10(14)15)11(12,13)4-2/h9H,3-8H2,1-2H3,(H,14,15)/t9-/m1/s1. The molecule has 0 aromatic carbocycles. The minimum atomic E-state index is -3.07. The third kappa shape index (κ3) is 5.09. The van der Waals surface area contributed by atoms with Gasteiger partial charge in [0.15, 0.2) is 0 Å². The van der Waals surface area contributed by atoms with Crippen LogP contribution >= 0.6 is 0 Å². The zero-order valence-corrected chi connectivity index (χ0v) is 9.43. The van der Waals surface area contributed by atoms with Gasteiger partial charge in [0.2, 0.25) is 0 Å². The van der Waals surface area contributed by atoms with E-state index in [-0.39, 0.29) is 6.42 Å². The second-order valence-corrected chi connectivity index (χ2v) is 3.85. The van der Waals surface area contributed by atoms with E-state index in [1.165, 1.54) is 6.92 Å². The summed E-state index contributed by atoms with van der Waals surface area (Å²) in [7, 11) is 0. The van der Waals surface area contributed by atoms with Crippen LogP contribution in [0.25, 0.3) is 0 Å². The van der Waals surface area contributed by atoms with E-state index in [1.54, 1.807) is 0 Å². The van der Waals surface area contributed by atoms with Gasteiger partial charge in [0.1, 0.15) is 5.92 Å². The fraction of sp³-hybridized carbons (Fsp3) is 0.909. The molecule has 0 radical (unpaired) electrons. The second kappa shape index (κ2) is 6.75. The lowest BCUT2D eigenvalue weighted by Gasteiger charge is -2.22. The van der Waals surface area contributed by atoms with Crippen molar-refractivity contribution in [3.8, 4) is 0 Å². The Morgan fingerprint density at radius 2 is 1.87 bits per heavy atom. The Bertz CT molecular complexity index is 193. The van der Waals surface area contributed by atoms with Gasteiger partial charge in [-0.05, 0) is 6.42 Å². The number of hydrogen-bond acceptors (Lipinski definition) is 1. The van der Waals surface area contributed by atoms with Crippen LogP contribution in [0.1, 0.15) is 52.4 Å². The van der Waals surface area contributed by atoms with Crippen LogP contribution in [-0.2, 0) is 4.79 Å². The first-order valence-corrected chi connectivity index (χ1v) is 5.56. The number of hydrogen-bond donors (Lipinski definition) is 1. The van der Waals surface area contributed by atoms with Crippen molar-refractivity contribution >= 4 is 5.97 Å². The average Bonchev–Trinajstić information content (AvgIpc) is 2.16. The normalized spacial score (nSPS) is 13.9. The Balaban J connectivity index is 4.12. The zero-order valence-electron chi connectivity index (χ0n) is 9.43. The fourth-order valence-electron chi connectivity index (χ4n) is 1.54. The molecule has 4 heteroatoms. The molecular formula is C11H20F2O2. The maximum Gasteiger partial charge on any atom is 0.312 e. The smallest absolute Gasteiger partial charge is 0.312 e. The first-order valence-electron chi connectivity index (χ1n) is 5.56. The van der Waals surface area contributed by atoms with Crippen LogP contribution in [0.2, 0.25) is 0 Å². The molecule has 90 valence electrons. The Morgan fingerprint density at radius 3 is 2.27 bits per heavy atom. The van der Waals surface area contributed by atoms with E-state index in [4.69, 9.17) is 5.11 Å². The van der Waals surface area contributed by atoms with Crippen molar-refractivity contribution in [1.82, 2.24) is 0 Å². The number of aliphatic carboxylic acids is 1. The summed E-state index contributed by atoms with van der Waals surface area (Å²) >= 11 is 0. The molecule has 0 aliphatic heterocycles. The molecule has 15 heavy (non-hydrogen) atoms. The fourth-order valence-corrected chi connectivity index (χ4v) is 1.54. The van der Waals surface area contributed by atoms with Crippen molar-refractivity contribution < 1.29 is 18.7 Å². The summed E-state index contributed by atoms with van der Waals surface area (Å²) in [5.74, 6) is -5.96. The van der Waals surface area contributed by atoms with Gasteiger partial charge in [-0.1, -0.05) is 39.5 Å². The monoisotopic (exact) mass is 222 g/mol. The van der Waals surface area contributed by atoms with Crippen LogP contribution < -0.4 is 0 Å². The van der Waals surface area contributed by atoms with Crippen LogP contribution in [0.5, 0.6) is 0 Å². The van der Waals surface area contributed by atoms with Crippen LogP contribution in [0.3, 0.4) is 0 Å². The highest BCUT2D eigenvalue weighted by atomic mass is 19.3. The molecule has 0 rings (SSSR count). The van der Waals surface area contributed by atoms with Gasteiger partial charge in [0.25, 0.3) is 5.92 Å². The van der Waals surface area contributed by atoms with Crippen LogP contribution in [-0.4, -0.2) is 17.0 Å². The molecule has 1 atom stereocenters. The third-order valence-electron chi connectivity index (χ3n) is 2.63. The molecule has 0 spiro atoms. The minimum Gasteiger partial charge on any atom is -0.481 e. The quantitative estimate of drug-likeness (QED) is 0.636. The average molecular weight is 222 g/mol. The Morgan fingerprint density at radius 1 is 1.27 bits per heavy atom. The maximum atomic E-state index is 13.2. The van der Waals surface area contributed by atoms with E-state index in [0.717, 1.165) is 19.3 Å². The predicted molar refractivity (Wildman–Crippen MR) is 55.1 cm³/mol. The lowest BCUT2D eigenvalue weighted by molar-refractivity contribution is -0.158. The number of carboxylic acids is 1. The number of carbonyl (C=O) groups is 1. The number of unbranched alkanes of at least 4 members (excludes halogenated alkanes) is 3. The van der Waals surface area contributed by atoms with Crippen molar-refractivity contribution in [3.05, 3.63) is 0 Å². The molecule has 0 bridgehead atoms. The second-order valence-electron chi connectivity index (χ2n) is 3.85. The first-order chi connectivity index (χ1) is 6.95. The molecule has 0 unspecified atom stereocenters. The molecule has 2 nitrogen and oxygen atoms in total. The Hall–Kier alpha value is -0.670. The topological polar surface area (TPSA) is 37.3 Å². The van der Waals surface area contributed by atoms with E-state index in [9.17, 15) is 13.6 Å². The Labute approximate surface area is 89.7 Å². The number of alkyl halides is 2. The van der Waals surface area contributed by atoms with Crippen molar-refractivity contribution in [2.75, 3.05) is 0 Å². The summed E-state index contributed by atoms with van der Waals surface area (Å²) in [5.41, 5.74) is 0. The molecule has 0 aliphatic rings. The van der Waals surface area contributed by atoms with E-state index in [2.05, 4.69) is 0 Å². The number of rotatable bonds is 8. The SMILES string of the molecule is CCCCCC[C@H](C(=O)O)C(F)(F)CC. The van der Waals surface area contributed by atoms with Gasteiger partial charge in [-0.3, -0.25) is 4.79 Å². The van der Waals surface area contributed by atoms with Gasteiger partial charge < -0.3 is 5.11 Å². The third-order valence-corrected chi connectivity index (χ3v) is 2.63. The van der Waals surface area contributed by atoms with Gasteiger partial charge in [0.05, 0.1) is 0 Å². The summed E-state index contributed by atoms with van der Waals surface area (Å²) in [6.45, 7) is 3.34. The van der Waals surface area contributed by atoms with E-state index in [1.807, 2.05) is 6.92 Å². The van der Waals surface area contributed by atoms with Gasteiger partial charge in [-0.15, -0.1) is 0 Å². The lowest BCUT2D eigenvalue weighted by atomic mass is 9.93. The maximum absolute atomic E-state index is 13.2. The molecule has 0 saturated heterocycles. The summed E-state index contributed by atoms with van der Waals surface area (Å²) in [6, 6.07) is 0. The van der Waals surface area contributed by atoms with Crippen molar-refractivity contribution in [2.45, 2.75) is 58.3 Å². The molecule has 0 aliphatic carbocycles. The first kappa shape index (κ1) is 14.3. The predicted octanol–water partition coefficient (Wildman–Crippen LogP) is 3.70. The summed E-state index contributed by atoms with van der Waals surface area (Å²) in [6.07, 6.45) is 3.07. The van der Waals surface area contributed by atoms with Gasteiger partial charge >= 0.3 is 5.97 Å². The van der Waals surface area contributed by atoms with Crippen molar-refractivity contribution in [2.24, 2.45) is 5.92 Å². The highest BCUT2D eigenvalue weighted by Crippen LogP contribution is 2.32. The molecule has 0 amide bonds. The van der Waals surface area contributed by atoms with Gasteiger partial charge in [0, 0.05) is 6.42 Å². The zero-order chi connectivity index (χ0) is 11.9. The van der Waals surface area contributed by atoms with Crippen LogP contribution in [0, 0.1) is 5.92 Å². The van der Waals surface area contributed by atoms with Gasteiger partial charge in [-0.2, -0.15) is 0 Å². The number of carboxylic acid groups (broad SMARTS) is 1. The number of halogens is 2. The molecule has 1 N–H and O–H groups in total. The summed E-state index contributed by atoms with van der Waals surface area (Å²) in [5, 5.41) is 8.72. The Kier molecular flexibility index (Phi) is 6.45. The van der Waals surface area contributed by atoms with Gasteiger partial charge in [-0.25, -0.2) is 8.78 Å². The molecular weight excluding hydrogens is 202 g/mol.